The maximum Gasteiger partial charge on any atom is 0.0588 e. The van der Waals surface area contributed by atoms with E-state index in [0.29, 0.717) is 0 Å². The highest BCUT2D eigenvalue weighted by Gasteiger charge is 2.20. The van der Waals surface area contributed by atoms with Crippen LogP contribution in [0.2, 0.25) is 0 Å². The number of halogens is 1. The van der Waals surface area contributed by atoms with Crippen molar-refractivity contribution in [3.8, 4) is 0 Å². The van der Waals surface area contributed by atoms with E-state index in [2.05, 4.69) is 27.2 Å². The zero-order chi connectivity index (χ0) is 15.8. The monoisotopic (exact) mass is 350 g/mol. The van der Waals surface area contributed by atoms with Crippen molar-refractivity contribution >= 4 is 7.26 Å². The van der Waals surface area contributed by atoms with Crippen molar-refractivity contribution in [2.24, 2.45) is 0 Å². The Kier molecular flexibility index (Phi) is 20.5. The van der Waals surface area contributed by atoms with Crippen LogP contribution in [0.1, 0.15) is 104 Å². The summed E-state index contributed by atoms with van der Waals surface area (Å²) in [6, 6.07) is 0. The highest BCUT2D eigenvalue weighted by atomic mass is 35.5. The summed E-state index contributed by atoms with van der Waals surface area (Å²) >= 11 is 0. The van der Waals surface area contributed by atoms with Crippen LogP contribution in [-0.4, -0.2) is 25.7 Å². The Morgan fingerprint density at radius 3 is 1.14 bits per heavy atom. The van der Waals surface area contributed by atoms with Gasteiger partial charge in [0.05, 0.1) is 12.3 Å². The molecule has 0 saturated heterocycles. The summed E-state index contributed by atoms with van der Waals surface area (Å²) in [7, 11) is -0.508. The molecule has 22 heavy (non-hydrogen) atoms. The van der Waals surface area contributed by atoms with Gasteiger partial charge in [-0.2, -0.15) is 0 Å². The lowest BCUT2D eigenvalue weighted by Crippen LogP contribution is -3.00. The van der Waals surface area contributed by atoms with E-state index >= 15 is 0 Å². The van der Waals surface area contributed by atoms with Crippen molar-refractivity contribution in [2.45, 2.75) is 104 Å². The molecule has 0 aliphatic heterocycles. The number of unbranched alkanes of at least 4 members (excludes halogenated alkanes) is 13. The SMILES string of the molecule is CCCCCCCCCCCCCCCC[P+](C)(C)CC.[Cl-]. The predicted molar refractivity (Wildman–Crippen MR) is 104 cm³/mol. The Morgan fingerprint density at radius 1 is 0.500 bits per heavy atom. The van der Waals surface area contributed by atoms with E-state index < -0.39 is 7.26 Å². The standard InChI is InChI=1S/C20H44P.ClH/c1-5-7-8-9-10-11-12-13-14-15-16-17-18-19-20-21(3,4)6-2;/h5-20H2,1-4H3;1H/q+1;/p-1. The maximum atomic E-state index is 2.52. The highest BCUT2D eigenvalue weighted by molar-refractivity contribution is 7.74. The van der Waals surface area contributed by atoms with Gasteiger partial charge in [-0.15, -0.1) is 0 Å². The zero-order valence-corrected chi connectivity index (χ0v) is 17.8. The molecule has 0 N–H and O–H groups in total. The summed E-state index contributed by atoms with van der Waals surface area (Å²) in [6.45, 7) is 9.72. The van der Waals surface area contributed by atoms with Crippen molar-refractivity contribution in [3.63, 3.8) is 0 Å². The molecule has 0 heterocycles. The third-order valence-electron chi connectivity index (χ3n) is 4.97. The molecule has 136 valence electrons. The minimum absolute atomic E-state index is 0. The Hall–Kier alpha value is 0.720. The van der Waals surface area contributed by atoms with Gasteiger partial charge in [0.15, 0.2) is 0 Å². The first-order chi connectivity index (χ1) is 10.1. The summed E-state index contributed by atoms with van der Waals surface area (Å²) < 4.78 is 0. The number of rotatable bonds is 16. The Morgan fingerprint density at radius 2 is 0.818 bits per heavy atom. The van der Waals surface area contributed by atoms with Gasteiger partial charge in [-0.1, -0.05) is 84.0 Å². The molecular formula is C20H44ClP. The van der Waals surface area contributed by atoms with Gasteiger partial charge >= 0.3 is 0 Å². The first kappa shape index (κ1) is 25.0. The van der Waals surface area contributed by atoms with Crippen LogP contribution >= 0.6 is 7.26 Å². The third kappa shape index (κ3) is 18.8. The Bertz CT molecular complexity index is 204. The first-order valence-electron chi connectivity index (χ1n) is 9.94. The van der Waals surface area contributed by atoms with Gasteiger partial charge in [0, 0.05) is 20.6 Å². The second-order valence-corrected chi connectivity index (χ2v) is 12.5. The van der Waals surface area contributed by atoms with E-state index in [4.69, 9.17) is 0 Å². The van der Waals surface area contributed by atoms with Gasteiger partial charge in [0.1, 0.15) is 0 Å². The summed E-state index contributed by atoms with van der Waals surface area (Å²) in [5.41, 5.74) is 0. The van der Waals surface area contributed by atoms with Crippen LogP contribution in [0.15, 0.2) is 0 Å². The van der Waals surface area contributed by atoms with Gasteiger partial charge in [-0.25, -0.2) is 0 Å². The molecule has 0 aliphatic carbocycles. The molecule has 0 fully saturated rings. The van der Waals surface area contributed by atoms with Gasteiger partial charge < -0.3 is 12.4 Å². The topological polar surface area (TPSA) is 0 Å². The van der Waals surface area contributed by atoms with Crippen molar-refractivity contribution in [3.05, 3.63) is 0 Å². The normalized spacial score (nSPS) is 11.5. The molecule has 0 saturated carbocycles. The predicted octanol–water partition coefficient (Wildman–Crippen LogP) is 4.77. The minimum Gasteiger partial charge on any atom is -1.00 e. The summed E-state index contributed by atoms with van der Waals surface area (Å²) in [6.07, 6.45) is 23.6. The molecule has 2 heteroatoms. The molecular weight excluding hydrogens is 307 g/mol. The average Bonchev–Trinajstić information content (AvgIpc) is 2.47. The van der Waals surface area contributed by atoms with E-state index in [0.717, 1.165) is 0 Å². The van der Waals surface area contributed by atoms with Crippen LogP contribution < -0.4 is 12.4 Å². The molecule has 0 unspecified atom stereocenters. The van der Waals surface area contributed by atoms with E-state index in [-0.39, 0.29) is 12.4 Å². The molecule has 0 bridgehead atoms. The summed E-state index contributed by atoms with van der Waals surface area (Å²) in [4.78, 5) is 0. The summed E-state index contributed by atoms with van der Waals surface area (Å²) in [5.74, 6) is 0. The van der Waals surface area contributed by atoms with Gasteiger partial charge in [-0.3, -0.25) is 0 Å². The lowest BCUT2D eigenvalue weighted by atomic mass is 10.0. The second kappa shape index (κ2) is 18.1. The fraction of sp³-hybridized carbons (Fsp3) is 1.00. The molecule has 0 radical (unpaired) electrons. The third-order valence-corrected chi connectivity index (χ3v) is 8.21. The van der Waals surface area contributed by atoms with E-state index in [1.54, 1.807) is 0 Å². The van der Waals surface area contributed by atoms with Crippen molar-refractivity contribution in [1.82, 2.24) is 0 Å². The molecule has 0 aliphatic rings. The average molecular weight is 351 g/mol. The molecule has 0 nitrogen and oxygen atoms in total. The van der Waals surface area contributed by atoms with E-state index in [1.165, 1.54) is 102 Å². The van der Waals surface area contributed by atoms with E-state index in [1.807, 2.05) is 0 Å². The molecule has 0 spiro atoms. The summed E-state index contributed by atoms with van der Waals surface area (Å²) in [5, 5.41) is 0. The zero-order valence-electron chi connectivity index (χ0n) is 16.1. The fourth-order valence-corrected chi connectivity index (χ4v) is 4.29. The molecule has 0 atom stereocenters. The van der Waals surface area contributed by atoms with Crippen LogP contribution in [-0.2, 0) is 0 Å². The van der Waals surface area contributed by atoms with Crippen LogP contribution in [0.25, 0.3) is 0 Å². The van der Waals surface area contributed by atoms with Crippen molar-refractivity contribution in [1.29, 1.82) is 0 Å². The minimum atomic E-state index is -0.508. The first-order valence-corrected chi connectivity index (χ1v) is 13.0. The van der Waals surface area contributed by atoms with Crippen LogP contribution in [0.5, 0.6) is 0 Å². The molecule has 0 aromatic heterocycles. The number of hydrogen-bond acceptors (Lipinski definition) is 0. The molecule has 0 amide bonds. The van der Waals surface area contributed by atoms with Gasteiger partial charge in [0.25, 0.3) is 0 Å². The number of hydrogen-bond donors (Lipinski definition) is 0. The van der Waals surface area contributed by atoms with Crippen molar-refractivity contribution in [2.75, 3.05) is 25.7 Å². The lowest BCUT2D eigenvalue weighted by molar-refractivity contribution is -0.00000495. The van der Waals surface area contributed by atoms with Crippen LogP contribution in [0, 0.1) is 0 Å². The maximum absolute atomic E-state index is 2.52. The van der Waals surface area contributed by atoms with E-state index in [9.17, 15) is 0 Å². The molecule has 0 aromatic carbocycles. The van der Waals surface area contributed by atoms with Gasteiger partial charge in [0.2, 0.25) is 0 Å². The second-order valence-electron chi connectivity index (χ2n) is 7.57. The van der Waals surface area contributed by atoms with Gasteiger partial charge in [-0.05, 0) is 19.8 Å². The highest BCUT2D eigenvalue weighted by Crippen LogP contribution is 2.51. The Labute approximate surface area is 149 Å². The fourth-order valence-electron chi connectivity index (χ4n) is 2.89. The molecule has 0 aromatic rings. The van der Waals surface area contributed by atoms with Crippen molar-refractivity contribution < 1.29 is 12.4 Å². The molecule has 0 rings (SSSR count). The largest absolute Gasteiger partial charge is 1.00 e. The van der Waals surface area contributed by atoms with Crippen LogP contribution in [0.3, 0.4) is 0 Å². The smallest absolute Gasteiger partial charge is 0.0588 e. The van der Waals surface area contributed by atoms with Crippen LogP contribution in [0.4, 0.5) is 0 Å². The quantitative estimate of drug-likeness (QED) is 0.278. The Balaban J connectivity index is 0. The lowest BCUT2D eigenvalue weighted by Gasteiger charge is -2.15.